The number of benzene rings is 1. The van der Waals surface area contributed by atoms with Gasteiger partial charge in [0, 0.05) is 16.9 Å². The lowest BCUT2D eigenvalue weighted by atomic mass is 10.1. The van der Waals surface area contributed by atoms with Gasteiger partial charge in [-0.05, 0) is 44.9 Å². The van der Waals surface area contributed by atoms with Gasteiger partial charge >= 0.3 is 0 Å². The van der Waals surface area contributed by atoms with Crippen LogP contribution in [0, 0.1) is 39.0 Å². The number of carbonyl (C=O) groups is 1. The monoisotopic (exact) mass is 294 g/mol. The number of H-pyrrole nitrogens is 1. The molecule has 2 N–H and O–H groups in total. The van der Waals surface area contributed by atoms with Gasteiger partial charge in [0.25, 0.3) is 5.91 Å². The van der Waals surface area contributed by atoms with E-state index in [0.717, 1.165) is 33.8 Å². The number of anilines is 1. The number of nitrogens with one attached hydrogen (secondary N) is 2. The third kappa shape index (κ3) is 3.07. The number of aromatic amines is 1. The van der Waals surface area contributed by atoms with Gasteiger partial charge in [0.05, 0.1) is 5.69 Å². The maximum atomic E-state index is 12.4. The Labute approximate surface area is 129 Å². The molecule has 0 atom stereocenters. The van der Waals surface area contributed by atoms with E-state index < -0.39 is 5.91 Å². The van der Waals surface area contributed by atoms with Gasteiger partial charge in [-0.25, -0.2) is 0 Å². The Morgan fingerprint density at radius 1 is 1.27 bits per heavy atom. The van der Waals surface area contributed by atoms with Gasteiger partial charge in [0.1, 0.15) is 11.6 Å². The molecule has 1 aromatic carbocycles. The highest BCUT2D eigenvalue weighted by Crippen LogP contribution is 2.21. The molecule has 0 bridgehead atoms. The third-order valence-electron chi connectivity index (χ3n) is 3.56. The molecule has 112 valence electrons. The second-order valence-electron chi connectivity index (χ2n) is 5.24. The van der Waals surface area contributed by atoms with Crippen LogP contribution in [0.4, 0.5) is 5.69 Å². The third-order valence-corrected chi connectivity index (χ3v) is 3.56. The Bertz CT molecular complexity index is 754. The van der Waals surface area contributed by atoms with Crippen molar-refractivity contribution in [1.29, 1.82) is 5.26 Å². The molecule has 1 aromatic heterocycles. The summed E-state index contributed by atoms with van der Waals surface area (Å²) in [5, 5.41) is 19.0. The van der Waals surface area contributed by atoms with Crippen LogP contribution in [0.2, 0.25) is 0 Å². The molecule has 0 aliphatic carbocycles. The molecule has 2 aromatic rings. The van der Waals surface area contributed by atoms with E-state index in [1.807, 2.05) is 52.0 Å². The average Bonchev–Trinajstić information content (AvgIpc) is 2.79. The number of para-hydroxylation sites is 1. The van der Waals surface area contributed by atoms with Gasteiger partial charge in [0.2, 0.25) is 0 Å². The van der Waals surface area contributed by atoms with E-state index in [2.05, 4.69) is 15.5 Å². The summed E-state index contributed by atoms with van der Waals surface area (Å²) in [6, 6.07) is 7.73. The van der Waals surface area contributed by atoms with Crippen LogP contribution in [-0.4, -0.2) is 16.1 Å². The molecule has 0 unspecified atom stereocenters. The minimum absolute atomic E-state index is 0.0512. The number of hydrogen-bond acceptors (Lipinski definition) is 3. The predicted molar refractivity (Wildman–Crippen MR) is 86.2 cm³/mol. The first-order valence-corrected chi connectivity index (χ1v) is 6.95. The van der Waals surface area contributed by atoms with E-state index in [1.165, 1.54) is 0 Å². The second-order valence-corrected chi connectivity index (χ2v) is 5.24. The first-order valence-electron chi connectivity index (χ1n) is 6.95. The topological polar surface area (TPSA) is 81.6 Å². The molecule has 0 saturated carbocycles. The first-order chi connectivity index (χ1) is 10.4. The minimum atomic E-state index is -0.417. The summed E-state index contributed by atoms with van der Waals surface area (Å²) in [4.78, 5) is 12.4. The van der Waals surface area contributed by atoms with Crippen molar-refractivity contribution in [3.63, 3.8) is 0 Å². The quantitative estimate of drug-likeness (QED) is 0.673. The highest BCUT2D eigenvalue weighted by atomic mass is 16.1. The van der Waals surface area contributed by atoms with Crippen molar-refractivity contribution in [3.05, 3.63) is 51.9 Å². The molecule has 2 rings (SSSR count). The number of hydrogen-bond donors (Lipinski definition) is 2. The Kier molecular flexibility index (Phi) is 4.42. The summed E-state index contributed by atoms with van der Waals surface area (Å²) in [7, 11) is 0. The molecule has 5 heteroatoms. The van der Waals surface area contributed by atoms with Gasteiger partial charge in [-0.2, -0.15) is 10.4 Å². The summed E-state index contributed by atoms with van der Waals surface area (Å²) in [6.07, 6.45) is 1.57. The average molecular weight is 294 g/mol. The van der Waals surface area contributed by atoms with Crippen molar-refractivity contribution < 1.29 is 4.79 Å². The fourth-order valence-corrected chi connectivity index (χ4v) is 2.26. The molecule has 22 heavy (non-hydrogen) atoms. The van der Waals surface area contributed by atoms with Crippen molar-refractivity contribution in [1.82, 2.24) is 10.2 Å². The van der Waals surface area contributed by atoms with E-state index in [1.54, 1.807) is 6.08 Å². The number of aryl methyl sites for hydroxylation is 4. The van der Waals surface area contributed by atoms with Crippen LogP contribution in [0.25, 0.3) is 6.08 Å². The first kappa shape index (κ1) is 15.5. The van der Waals surface area contributed by atoms with Gasteiger partial charge in [-0.3, -0.25) is 9.89 Å². The second kappa shape index (κ2) is 6.27. The fraction of sp³-hybridized carbons (Fsp3) is 0.235. The van der Waals surface area contributed by atoms with Crippen molar-refractivity contribution in [2.45, 2.75) is 27.7 Å². The number of carbonyl (C=O) groups excluding carboxylic acids is 1. The number of nitriles is 1. The Balaban J connectivity index is 2.33. The molecule has 0 radical (unpaired) electrons. The lowest BCUT2D eigenvalue weighted by molar-refractivity contribution is -0.112. The minimum Gasteiger partial charge on any atom is -0.321 e. The van der Waals surface area contributed by atoms with Crippen LogP contribution in [0.15, 0.2) is 23.8 Å². The van der Waals surface area contributed by atoms with Crippen molar-refractivity contribution >= 4 is 17.7 Å². The molecule has 0 aliphatic heterocycles. The summed E-state index contributed by atoms with van der Waals surface area (Å²) < 4.78 is 0. The SMILES string of the molecule is Cc1cccc(C)c1NC(=O)/C(C#N)=C/c1c(C)n[nH]c1C. The normalized spacial score (nSPS) is 11.1. The van der Waals surface area contributed by atoms with Crippen molar-refractivity contribution in [2.75, 3.05) is 5.32 Å². The zero-order chi connectivity index (χ0) is 16.3. The maximum absolute atomic E-state index is 12.4. The van der Waals surface area contributed by atoms with E-state index >= 15 is 0 Å². The van der Waals surface area contributed by atoms with E-state index in [0.29, 0.717) is 0 Å². The molecule has 1 heterocycles. The van der Waals surface area contributed by atoms with Crippen molar-refractivity contribution in [3.8, 4) is 6.07 Å². The molecule has 0 aliphatic rings. The lowest BCUT2D eigenvalue weighted by Gasteiger charge is -2.10. The van der Waals surface area contributed by atoms with Gasteiger partial charge in [-0.1, -0.05) is 18.2 Å². The largest absolute Gasteiger partial charge is 0.321 e. The standard InChI is InChI=1S/C17H18N4O/c1-10-6-5-7-11(2)16(10)19-17(22)14(9-18)8-15-12(3)20-21-13(15)4/h5-8H,1-4H3,(H,19,22)(H,20,21)/b14-8+. The van der Waals surface area contributed by atoms with Gasteiger partial charge in [0.15, 0.2) is 0 Å². The van der Waals surface area contributed by atoms with Crippen LogP contribution in [0.5, 0.6) is 0 Å². The number of amides is 1. The summed E-state index contributed by atoms with van der Waals surface area (Å²) in [5.41, 5.74) is 5.07. The summed E-state index contributed by atoms with van der Waals surface area (Å²) >= 11 is 0. The van der Waals surface area contributed by atoms with E-state index in [-0.39, 0.29) is 5.57 Å². The zero-order valence-corrected chi connectivity index (χ0v) is 13.1. The molecule has 1 amide bonds. The summed E-state index contributed by atoms with van der Waals surface area (Å²) in [6.45, 7) is 7.52. The number of aromatic nitrogens is 2. The lowest BCUT2D eigenvalue weighted by Crippen LogP contribution is -2.15. The maximum Gasteiger partial charge on any atom is 0.266 e. The van der Waals surface area contributed by atoms with E-state index in [9.17, 15) is 10.1 Å². The molecule has 0 saturated heterocycles. The Morgan fingerprint density at radius 2 is 1.91 bits per heavy atom. The number of rotatable bonds is 3. The summed E-state index contributed by atoms with van der Waals surface area (Å²) in [5.74, 6) is -0.417. The molecular formula is C17H18N4O. The highest BCUT2D eigenvalue weighted by Gasteiger charge is 2.14. The smallest absolute Gasteiger partial charge is 0.266 e. The Morgan fingerprint density at radius 3 is 2.41 bits per heavy atom. The molecule has 0 spiro atoms. The number of nitrogens with zero attached hydrogens (tertiary/aromatic N) is 2. The zero-order valence-electron chi connectivity index (χ0n) is 13.1. The molecular weight excluding hydrogens is 276 g/mol. The van der Waals surface area contributed by atoms with Crippen LogP contribution in [-0.2, 0) is 4.79 Å². The van der Waals surface area contributed by atoms with Crippen LogP contribution < -0.4 is 5.32 Å². The van der Waals surface area contributed by atoms with Gasteiger partial charge < -0.3 is 5.32 Å². The van der Waals surface area contributed by atoms with Crippen LogP contribution in [0.1, 0.15) is 28.1 Å². The fourth-order valence-electron chi connectivity index (χ4n) is 2.26. The molecule has 5 nitrogen and oxygen atoms in total. The highest BCUT2D eigenvalue weighted by molar-refractivity contribution is 6.10. The predicted octanol–water partition coefficient (Wildman–Crippen LogP) is 3.19. The van der Waals surface area contributed by atoms with Gasteiger partial charge in [-0.15, -0.1) is 0 Å². The van der Waals surface area contributed by atoms with Crippen LogP contribution >= 0.6 is 0 Å². The van der Waals surface area contributed by atoms with Crippen molar-refractivity contribution in [2.24, 2.45) is 0 Å². The molecule has 0 fully saturated rings. The Hall–Kier alpha value is -2.87. The van der Waals surface area contributed by atoms with E-state index in [4.69, 9.17) is 0 Å². The van der Waals surface area contributed by atoms with Crippen LogP contribution in [0.3, 0.4) is 0 Å².